The number of carbonyl (C=O) groups excluding carboxylic acids is 2. The molecule has 2 aliphatic rings. The number of nitrogens with zero attached hydrogens (tertiary/aromatic N) is 4. The normalized spacial score (nSPS) is 15.6. The number of benzene rings is 1. The fourth-order valence-corrected chi connectivity index (χ4v) is 4.44. The first-order chi connectivity index (χ1) is 15.9. The van der Waals surface area contributed by atoms with Gasteiger partial charge in [0.05, 0.1) is 5.69 Å². The summed E-state index contributed by atoms with van der Waals surface area (Å²) in [6.07, 6.45) is 5.38. The Morgan fingerprint density at radius 2 is 1.82 bits per heavy atom. The molecule has 0 atom stereocenters. The predicted molar refractivity (Wildman–Crippen MR) is 126 cm³/mol. The van der Waals surface area contributed by atoms with E-state index in [9.17, 15) is 9.59 Å². The third-order valence-electron chi connectivity index (χ3n) is 6.66. The zero-order chi connectivity index (χ0) is 23.1. The van der Waals surface area contributed by atoms with E-state index in [1.807, 2.05) is 60.5 Å². The second-order valence-corrected chi connectivity index (χ2v) is 9.51. The molecule has 2 saturated carbocycles. The molecule has 2 aliphatic carbocycles. The third-order valence-corrected chi connectivity index (χ3v) is 6.66. The van der Waals surface area contributed by atoms with Crippen molar-refractivity contribution in [1.82, 2.24) is 24.8 Å². The highest BCUT2D eigenvalue weighted by Crippen LogP contribution is 2.30. The van der Waals surface area contributed by atoms with Crippen LogP contribution in [0.1, 0.15) is 70.7 Å². The molecule has 0 spiro atoms. The number of fused-ring (bicyclic) bond motifs is 1. The van der Waals surface area contributed by atoms with Crippen LogP contribution in [0.4, 0.5) is 0 Å². The van der Waals surface area contributed by atoms with Gasteiger partial charge in [-0.25, -0.2) is 9.50 Å². The molecule has 1 aromatic carbocycles. The number of hydrogen-bond acceptors (Lipinski definition) is 4. The minimum Gasteiger partial charge on any atom is -0.349 e. The summed E-state index contributed by atoms with van der Waals surface area (Å²) < 4.78 is 1.88. The molecule has 7 nitrogen and oxygen atoms in total. The van der Waals surface area contributed by atoms with Gasteiger partial charge in [0.25, 0.3) is 5.91 Å². The standard InChI is InChI=1S/C26H31N5O2/c1-16-14-24-27-17(2)23(18(3)31(24)29-16)12-13-25(32)30(22-10-11-22)15-19-4-6-20(7-5-19)26(33)28-21-8-9-21/h4-7,14,21-22H,8-13,15H2,1-3H3,(H,28,33). The van der Waals surface area contributed by atoms with Gasteiger partial charge in [0.2, 0.25) is 5.91 Å². The Balaban J connectivity index is 1.25. The maximum atomic E-state index is 13.2. The molecule has 0 unspecified atom stereocenters. The quantitative estimate of drug-likeness (QED) is 0.574. The summed E-state index contributed by atoms with van der Waals surface area (Å²) in [6.45, 7) is 6.61. The van der Waals surface area contributed by atoms with E-state index in [4.69, 9.17) is 0 Å². The lowest BCUT2D eigenvalue weighted by Gasteiger charge is -2.23. The highest BCUT2D eigenvalue weighted by molar-refractivity contribution is 5.94. The first-order valence-electron chi connectivity index (χ1n) is 11.9. The molecule has 3 aromatic rings. The molecule has 5 rings (SSSR count). The van der Waals surface area contributed by atoms with E-state index in [1.165, 1.54) is 0 Å². The van der Waals surface area contributed by atoms with Crippen LogP contribution in [0.25, 0.3) is 5.65 Å². The fraction of sp³-hybridized carbons (Fsp3) is 0.462. The van der Waals surface area contributed by atoms with E-state index in [-0.39, 0.29) is 11.8 Å². The zero-order valence-electron chi connectivity index (χ0n) is 19.6. The van der Waals surface area contributed by atoms with Gasteiger partial charge < -0.3 is 10.2 Å². The van der Waals surface area contributed by atoms with Crippen molar-refractivity contribution in [1.29, 1.82) is 0 Å². The number of hydrogen-bond donors (Lipinski definition) is 1. The number of rotatable bonds is 8. The molecule has 172 valence electrons. The van der Waals surface area contributed by atoms with E-state index < -0.39 is 0 Å². The Morgan fingerprint density at radius 3 is 2.48 bits per heavy atom. The van der Waals surface area contributed by atoms with Crippen LogP contribution >= 0.6 is 0 Å². The summed E-state index contributed by atoms with van der Waals surface area (Å²) in [7, 11) is 0. The molecular weight excluding hydrogens is 414 g/mol. The number of aryl methyl sites for hydroxylation is 3. The van der Waals surface area contributed by atoms with Crippen LogP contribution < -0.4 is 5.32 Å². The molecule has 2 fully saturated rings. The van der Waals surface area contributed by atoms with Crippen molar-refractivity contribution in [3.05, 3.63) is 64.1 Å². The van der Waals surface area contributed by atoms with Crippen molar-refractivity contribution in [3.8, 4) is 0 Å². The summed E-state index contributed by atoms with van der Waals surface area (Å²) in [6, 6.07) is 10.3. The molecule has 0 aliphatic heterocycles. The van der Waals surface area contributed by atoms with Gasteiger partial charge in [0.1, 0.15) is 0 Å². The number of nitrogens with one attached hydrogen (secondary N) is 1. The van der Waals surface area contributed by atoms with E-state index in [0.29, 0.717) is 37.0 Å². The van der Waals surface area contributed by atoms with E-state index >= 15 is 0 Å². The van der Waals surface area contributed by atoms with Crippen LogP contribution in [0, 0.1) is 20.8 Å². The summed E-state index contributed by atoms with van der Waals surface area (Å²) in [4.78, 5) is 32.1. The maximum Gasteiger partial charge on any atom is 0.251 e. The molecule has 7 heteroatoms. The minimum atomic E-state index is -0.0112. The largest absolute Gasteiger partial charge is 0.349 e. The van der Waals surface area contributed by atoms with Crippen LogP contribution in [-0.4, -0.2) is 43.4 Å². The van der Waals surface area contributed by atoms with Crippen molar-refractivity contribution in [3.63, 3.8) is 0 Å². The molecule has 1 N–H and O–H groups in total. The Bertz CT molecular complexity index is 1210. The Labute approximate surface area is 194 Å². The van der Waals surface area contributed by atoms with Crippen LogP contribution in [0.5, 0.6) is 0 Å². The summed E-state index contributed by atoms with van der Waals surface area (Å²) in [5.41, 5.74) is 6.64. The molecule has 33 heavy (non-hydrogen) atoms. The Hall–Kier alpha value is -3.22. The highest BCUT2D eigenvalue weighted by atomic mass is 16.2. The Morgan fingerprint density at radius 1 is 1.09 bits per heavy atom. The van der Waals surface area contributed by atoms with Crippen molar-refractivity contribution < 1.29 is 9.59 Å². The number of carbonyl (C=O) groups is 2. The van der Waals surface area contributed by atoms with Gasteiger partial charge in [-0.2, -0.15) is 5.10 Å². The lowest BCUT2D eigenvalue weighted by Crippen LogP contribution is -2.33. The molecule has 0 radical (unpaired) electrons. The molecule has 0 saturated heterocycles. The lowest BCUT2D eigenvalue weighted by molar-refractivity contribution is -0.132. The lowest BCUT2D eigenvalue weighted by atomic mass is 10.1. The van der Waals surface area contributed by atoms with E-state index in [0.717, 1.165) is 59.5 Å². The predicted octanol–water partition coefficient (Wildman–Crippen LogP) is 3.67. The van der Waals surface area contributed by atoms with E-state index in [1.54, 1.807) is 0 Å². The first-order valence-corrected chi connectivity index (χ1v) is 11.9. The molecule has 2 amide bonds. The minimum absolute atomic E-state index is 0.0112. The fourth-order valence-electron chi connectivity index (χ4n) is 4.44. The van der Waals surface area contributed by atoms with Crippen molar-refractivity contribution in [2.24, 2.45) is 0 Å². The summed E-state index contributed by atoms with van der Waals surface area (Å²) in [5, 5.41) is 7.56. The zero-order valence-corrected chi connectivity index (χ0v) is 19.6. The third kappa shape index (κ3) is 4.77. The average molecular weight is 446 g/mol. The monoisotopic (exact) mass is 445 g/mol. The summed E-state index contributed by atoms with van der Waals surface area (Å²) >= 11 is 0. The second-order valence-electron chi connectivity index (χ2n) is 9.51. The van der Waals surface area contributed by atoms with Crippen molar-refractivity contribution in [2.75, 3.05) is 0 Å². The highest BCUT2D eigenvalue weighted by Gasteiger charge is 2.32. The SMILES string of the molecule is Cc1cc2nc(C)c(CCC(=O)N(Cc3ccc(C(=O)NC4CC4)cc3)C3CC3)c(C)n2n1. The van der Waals surface area contributed by atoms with Gasteiger partial charge in [-0.05, 0) is 76.1 Å². The average Bonchev–Trinajstić information content (AvgIpc) is 3.71. The molecule has 2 heterocycles. The molecule has 0 bridgehead atoms. The van der Waals surface area contributed by atoms with Gasteiger partial charge in [-0.3, -0.25) is 9.59 Å². The Kier molecular flexibility index (Phi) is 5.64. The van der Waals surface area contributed by atoms with Crippen LogP contribution in [0.3, 0.4) is 0 Å². The van der Waals surface area contributed by atoms with E-state index in [2.05, 4.69) is 15.4 Å². The van der Waals surface area contributed by atoms with Gasteiger partial charge >= 0.3 is 0 Å². The number of amides is 2. The maximum absolute atomic E-state index is 13.2. The van der Waals surface area contributed by atoms with Crippen LogP contribution in [-0.2, 0) is 17.8 Å². The number of aromatic nitrogens is 3. The van der Waals surface area contributed by atoms with Crippen LogP contribution in [0.15, 0.2) is 30.3 Å². The van der Waals surface area contributed by atoms with Crippen molar-refractivity contribution in [2.45, 2.75) is 77.9 Å². The van der Waals surface area contributed by atoms with Crippen molar-refractivity contribution >= 4 is 17.5 Å². The van der Waals surface area contributed by atoms with Gasteiger partial charge in [0.15, 0.2) is 5.65 Å². The smallest absolute Gasteiger partial charge is 0.251 e. The first kappa shape index (κ1) is 21.6. The van der Waals surface area contributed by atoms with Gasteiger partial charge in [-0.1, -0.05) is 12.1 Å². The summed E-state index contributed by atoms with van der Waals surface area (Å²) in [5.74, 6) is 0.159. The molecule has 2 aromatic heterocycles. The van der Waals surface area contributed by atoms with Crippen LogP contribution in [0.2, 0.25) is 0 Å². The van der Waals surface area contributed by atoms with Gasteiger partial charge in [-0.15, -0.1) is 0 Å². The topological polar surface area (TPSA) is 79.6 Å². The molecular formula is C26H31N5O2. The second kappa shape index (κ2) is 8.61. The van der Waals surface area contributed by atoms with Gasteiger partial charge in [0, 0.05) is 48.1 Å².